The Balaban J connectivity index is 1.63. The first kappa shape index (κ1) is 20.2. The minimum Gasteiger partial charge on any atom is -0.444 e. The van der Waals surface area contributed by atoms with E-state index in [0.29, 0.717) is 23.8 Å². The number of rotatable bonds is 3. The number of fused-ring (bicyclic) bond motifs is 1. The molecule has 1 atom stereocenters. The van der Waals surface area contributed by atoms with Gasteiger partial charge in [0, 0.05) is 18.5 Å². The third kappa shape index (κ3) is 5.02. The van der Waals surface area contributed by atoms with Gasteiger partial charge in [0.15, 0.2) is 5.82 Å². The molecule has 6 nitrogen and oxygen atoms in total. The Labute approximate surface area is 161 Å². The quantitative estimate of drug-likeness (QED) is 0.848. The minimum atomic E-state index is -4.22. The molecule has 2 heterocycles. The van der Waals surface area contributed by atoms with Crippen molar-refractivity contribution in [1.29, 1.82) is 0 Å². The summed E-state index contributed by atoms with van der Waals surface area (Å²) in [7, 11) is 0. The normalized spacial score (nSPS) is 17.1. The lowest BCUT2D eigenvalue weighted by molar-refractivity contribution is -0.182. The van der Waals surface area contributed by atoms with Crippen LogP contribution in [0.2, 0.25) is 0 Å². The highest BCUT2D eigenvalue weighted by atomic mass is 19.4. The van der Waals surface area contributed by atoms with Crippen molar-refractivity contribution in [3.63, 3.8) is 0 Å². The number of hydrogen-bond donors (Lipinski definition) is 1. The molecule has 3 rings (SSSR count). The summed E-state index contributed by atoms with van der Waals surface area (Å²) in [6.07, 6.45) is -4.42. The van der Waals surface area contributed by atoms with Gasteiger partial charge in [0.25, 0.3) is 0 Å². The van der Waals surface area contributed by atoms with E-state index in [0.717, 1.165) is 5.56 Å². The molecule has 2 aromatic rings. The number of benzene rings is 1. The second-order valence-corrected chi connectivity index (χ2v) is 7.86. The molecule has 28 heavy (non-hydrogen) atoms. The average Bonchev–Trinajstić information content (AvgIpc) is 3.01. The molecule has 0 fully saturated rings. The highest BCUT2D eigenvalue weighted by molar-refractivity contribution is 5.67. The summed E-state index contributed by atoms with van der Waals surface area (Å²) in [6.45, 7) is 5.47. The van der Waals surface area contributed by atoms with Crippen molar-refractivity contribution in [2.75, 3.05) is 0 Å². The molecule has 0 aliphatic carbocycles. The molecule has 1 aromatic heterocycles. The van der Waals surface area contributed by atoms with Crippen LogP contribution in [0.25, 0.3) is 11.4 Å². The molecule has 1 aromatic carbocycles. The maximum absolute atomic E-state index is 12.9. The number of aromatic nitrogens is 3. The standard InChI is InChI=1S/C19H23F3N4O2/c1-18(2,3)28-17(27)23-10-12-4-6-13(7-5-12)16-24-15-9-8-14(19(20,21)22)11-26(15)25-16/h4-7,14H,8-11H2,1-3H3,(H,23,27). The van der Waals surface area contributed by atoms with Crippen molar-refractivity contribution in [1.82, 2.24) is 20.1 Å². The lowest BCUT2D eigenvalue weighted by Crippen LogP contribution is -2.32. The third-order valence-electron chi connectivity index (χ3n) is 4.37. The number of amides is 1. The smallest absolute Gasteiger partial charge is 0.407 e. The van der Waals surface area contributed by atoms with Crippen molar-refractivity contribution in [2.24, 2.45) is 5.92 Å². The van der Waals surface area contributed by atoms with E-state index in [4.69, 9.17) is 4.74 Å². The second kappa shape index (κ2) is 7.44. The van der Waals surface area contributed by atoms with Crippen LogP contribution in [0.15, 0.2) is 24.3 Å². The van der Waals surface area contributed by atoms with Crippen LogP contribution < -0.4 is 5.32 Å². The van der Waals surface area contributed by atoms with Crippen LogP contribution in [0.5, 0.6) is 0 Å². The van der Waals surface area contributed by atoms with E-state index < -0.39 is 23.8 Å². The molecular weight excluding hydrogens is 373 g/mol. The van der Waals surface area contributed by atoms with Gasteiger partial charge in [0.2, 0.25) is 0 Å². The molecule has 1 aliphatic rings. The van der Waals surface area contributed by atoms with Crippen LogP contribution in [-0.2, 0) is 24.2 Å². The third-order valence-corrected chi connectivity index (χ3v) is 4.37. The fourth-order valence-electron chi connectivity index (χ4n) is 2.96. The van der Waals surface area contributed by atoms with E-state index >= 15 is 0 Å². The summed E-state index contributed by atoms with van der Waals surface area (Å²) in [5.74, 6) is -0.397. The van der Waals surface area contributed by atoms with Gasteiger partial charge in [-0.15, -0.1) is 0 Å². The number of carbonyl (C=O) groups is 1. The Kier molecular flexibility index (Phi) is 5.36. The van der Waals surface area contributed by atoms with Crippen LogP contribution in [0, 0.1) is 5.92 Å². The Morgan fingerprint density at radius 2 is 1.93 bits per heavy atom. The molecule has 0 radical (unpaired) electrons. The number of nitrogens with one attached hydrogen (secondary N) is 1. The Hall–Kier alpha value is -2.58. The zero-order valence-corrected chi connectivity index (χ0v) is 16.0. The van der Waals surface area contributed by atoms with Crippen LogP contribution in [-0.4, -0.2) is 32.6 Å². The maximum atomic E-state index is 12.9. The van der Waals surface area contributed by atoms with Crippen LogP contribution in [0.3, 0.4) is 0 Å². The highest BCUT2D eigenvalue weighted by Gasteiger charge is 2.42. The second-order valence-electron chi connectivity index (χ2n) is 7.86. The number of halogens is 3. The molecule has 1 amide bonds. The number of ether oxygens (including phenoxy) is 1. The van der Waals surface area contributed by atoms with Gasteiger partial charge >= 0.3 is 12.3 Å². The first-order chi connectivity index (χ1) is 13.0. The van der Waals surface area contributed by atoms with E-state index in [1.165, 1.54) is 4.68 Å². The number of hydrogen-bond acceptors (Lipinski definition) is 4. The van der Waals surface area contributed by atoms with Crippen molar-refractivity contribution >= 4 is 6.09 Å². The summed E-state index contributed by atoms with van der Waals surface area (Å²) in [4.78, 5) is 16.1. The van der Waals surface area contributed by atoms with E-state index in [1.54, 1.807) is 32.9 Å². The van der Waals surface area contributed by atoms with Gasteiger partial charge < -0.3 is 10.1 Å². The van der Waals surface area contributed by atoms with Gasteiger partial charge in [-0.1, -0.05) is 24.3 Å². The first-order valence-electron chi connectivity index (χ1n) is 9.08. The van der Waals surface area contributed by atoms with E-state index in [9.17, 15) is 18.0 Å². The topological polar surface area (TPSA) is 69.0 Å². The molecule has 0 spiro atoms. The van der Waals surface area contributed by atoms with Gasteiger partial charge in [-0.05, 0) is 32.8 Å². The van der Waals surface area contributed by atoms with Gasteiger partial charge in [-0.25, -0.2) is 14.5 Å². The highest BCUT2D eigenvalue weighted by Crippen LogP contribution is 2.34. The average molecular weight is 396 g/mol. The molecular formula is C19H23F3N4O2. The number of carbonyl (C=O) groups excluding carboxylic acids is 1. The largest absolute Gasteiger partial charge is 0.444 e. The summed E-state index contributed by atoms with van der Waals surface area (Å²) in [6, 6.07) is 7.19. The van der Waals surface area contributed by atoms with Crippen LogP contribution in [0.4, 0.5) is 18.0 Å². The fourth-order valence-corrected chi connectivity index (χ4v) is 2.96. The van der Waals surface area contributed by atoms with Crippen molar-refractivity contribution in [2.45, 2.75) is 58.5 Å². The maximum Gasteiger partial charge on any atom is 0.407 e. The zero-order valence-electron chi connectivity index (χ0n) is 16.0. The van der Waals surface area contributed by atoms with E-state index in [-0.39, 0.29) is 19.4 Å². The lowest BCUT2D eigenvalue weighted by Gasteiger charge is -2.24. The monoisotopic (exact) mass is 396 g/mol. The Morgan fingerprint density at radius 3 is 2.54 bits per heavy atom. The molecule has 0 saturated carbocycles. The molecule has 1 N–H and O–H groups in total. The van der Waals surface area contributed by atoms with Crippen molar-refractivity contribution in [3.05, 3.63) is 35.7 Å². The summed E-state index contributed by atoms with van der Waals surface area (Å²) < 4.78 is 45.3. The molecule has 9 heteroatoms. The van der Waals surface area contributed by atoms with Crippen LogP contribution >= 0.6 is 0 Å². The molecule has 1 unspecified atom stereocenters. The predicted molar refractivity (Wildman–Crippen MR) is 96.4 cm³/mol. The van der Waals surface area contributed by atoms with Crippen molar-refractivity contribution < 1.29 is 22.7 Å². The predicted octanol–water partition coefficient (Wildman–Crippen LogP) is 4.09. The fraction of sp³-hybridized carbons (Fsp3) is 0.526. The van der Waals surface area contributed by atoms with Gasteiger partial charge in [-0.2, -0.15) is 18.3 Å². The summed E-state index contributed by atoms with van der Waals surface area (Å²) >= 11 is 0. The van der Waals surface area contributed by atoms with Crippen molar-refractivity contribution in [3.8, 4) is 11.4 Å². The minimum absolute atomic E-state index is 0.0386. The summed E-state index contributed by atoms with van der Waals surface area (Å²) in [5, 5.41) is 6.92. The van der Waals surface area contributed by atoms with Gasteiger partial charge in [0.1, 0.15) is 11.4 Å². The summed E-state index contributed by atoms with van der Waals surface area (Å²) in [5.41, 5.74) is 1.01. The number of alkyl carbamates (subject to hydrolysis) is 1. The van der Waals surface area contributed by atoms with Gasteiger partial charge in [0.05, 0.1) is 12.5 Å². The lowest BCUT2D eigenvalue weighted by atomic mass is 9.99. The Bertz CT molecular complexity index is 838. The SMILES string of the molecule is CC(C)(C)OC(=O)NCc1ccc(-c2nc3n(n2)CC(C(F)(F)F)CC3)cc1. The number of alkyl halides is 3. The molecule has 0 bridgehead atoms. The van der Waals surface area contributed by atoms with E-state index in [1.807, 2.05) is 12.1 Å². The Morgan fingerprint density at radius 1 is 1.25 bits per heavy atom. The zero-order chi connectivity index (χ0) is 20.5. The number of aryl methyl sites for hydroxylation is 1. The first-order valence-corrected chi connectivity index (χ1v) is 9.08. The number of nitrogens with zero attached hydrogens (tertiary/aromatic N) is 3. The molecule has 0 saturated heterocycles. The van der Waals surface area contributed by atoms with Gasteiger partial charge in [-0.3, -0.25) is 0 Å². The van der Waals surface area contributed by atoms with E-state index in [2.05, 4.69) is 15.4 Å². The van der Waals surface area contributed by atoms with Crippen LogP contribution in [0.1, 0.15) is 38.6 Å². The molecule has 1 aliphatic heterocycles. The molecule has 152 valence electrons.